The Labute approximate surface area is 120 Å². The summed E-state index contributed by atoms with van der Waals surface area (Å²) >= 11 is 0. The summed E-state index contributed by atoms with van der Waals surface area (Å²) in [5.74, 6) is 7.38. The highest BCUT2D eigenvalue weighted by Crippen LogP contribution is 2.21. The molecule has 0 aromatic rings. The minimum Gasteiger partial charge on any atom is -0.315 e. The maximum absolute atomic E-state index is 5.53. The molecule has 2 saturated heterocycles. The van der Waals surface area contributed by atoms with Crippen molar-refractivity contribution in [1.29, 1.82) is 0 Å². The fraction of sp³-hybridized carbons (Fsp3) is 1.00. The third kappa shape index (κ3) is 9.38. The molecule has 2 heterocycles. The lowest BCUT2D eigenvalue weighted by Crippen LogP contribution is -2.34. The molecule has 0 aliphatic carbocycles. The summed E-state index contributed by atoms with van der Waals surface area (Å²) in [6.45, 7) is 15.4. The average Bonchev–Trinajstić information content (AvgIpc) is 2.70. The quantitative estimate of drug-likeness (QED) is 0.714. The second kappa shape index (κ2) is 11.6. The second-order valence-electron chi connectivity index (χ2n) is 5.69. The van der Waals surface area contributed by atoms with E-state index in [0.717, 1.165) is 38.0 Å². The van der Waals surface area contributed by atoms with Crippen LogP contribution in [-0.4, -0.2) is 56.2 Å². The van der Waals surface area contributed by atoms with Crippen molar-refractivity contribution in [3.63, 3.8) is 0 Å². The van der Waals surface area contributed by atoms with Gasteiger partial charge in [-0.1, -0.05) is 27.7 Å². The van der Waals surface area contributed by atoms with Gasteiger partial charge in [0.25, 0.3) is 0 Å². The molecule has 19 heavy (non-hydrogen) atoms. The standard InChI is InChI=1S/C8H17N.C5H13N3.C2H6/c1-7(2)8-4-5-9(3)6-8;6-8-4-1-2-7-3-5-8;1-2/h7-8H,4-6H2,1-3H3;7H,1-6H2;1-2H3. The van der Waals surface area contributed by atoms with E-state index in [4.69, 9.17) is 5.84 Å². The van der Waals surface area contributed by atoms with Gasteiger partial charge in [-0.05, 0) is 44.8 Å². The Kier molecular flexibility index (Phi) is 11.6. The number of nitrogens with two attached hydrogens (primary N) is 1. The molecule has 116 valence electrons. The molecule has 0 amide bonds. The van der Waals surface area contributed by atoms with Crippen LogP contribution in [0.4, 0.5) is 0 Å². The number of nitrogens with one attached hydrogen (secondary N) is 1. The molecule has 1 atom stereocenters. The van der Waals surface area contributed by atoms with Crippen LogP contribution >= 0.6 is 0 Å². The molecule has 2 fully saturated rings. The Balaban J connectivity index is 0.000000303. The van der Waals surface area contributed by atoms with Crippen molar-refractivity contribution in [2.45, 2.75) is 40.5 Å². The predicted molar refractivity (Wildman–Crippen MR) is 85.0 cm³/mol. The lowest BCUT2D eigenvalue weighted by Gasteiger charge is -2.13. The van der Waals surface area contributed by atoms with Crippen LogP contribution in [0, 0.1) is 11.8 Å². The van der Waals surface area contributed by atoms with Crippen molar-refractivity contribution in [2.75, 3.05) is 46.3 Å². The van der Waals surface area contributed by atoms with Gasteiger partial charge in [0, 0.05) is 26.2 Å². The first kappa shape index (κ1) is 18.8. The first-order chi connectivity index (χ1) is 9.09. The van der Waals surface area contributed by atoms with Gasteiger partial charge < -0.3 is 10.2 Å². The van der Waals surface area contributed by atoms with Gasteiger partial charge in [0.1, 0.15) is 0 Å². The van der Waals surface area contributed by atoms with Gasteiger partial charge in [-0.15, -0.1) is 0 Å². The van der Waals surface area contributed by atoms with Gasteiger partial charge in [-0.2, -0.15) is 0 Å². The van der Waals surface area contributed by atoms with Gasteiger partial charge in [-0.3, -0.25) is 5.84 Å². The van der Waals surface area contributed by atoms with Crippen LogP contribution in [0.25, 0.3) is 0 Å². The van der Waals surface area contributed by atoms with Crippen LogP contribution in [0.2, 0.25) is 0 Å². The van der Waals surface area contributed by atoms with Gasteiger partial charge in [0.05, 0.1) is 0 Å². The van der Waals surface area contributed by atoms with Crippen molar-refractivity contribution in [2.24, 2.45) is 17.7 Å². The van der Waals surface area contributed by atoms with E-state index in [9.17, 15) is 0 Å². The molecule has 2 aliphatic heterocycles. The molecule has 2 aliphatic rings. The summed E-state index contributed by atoms with van der Waals surface area (Å²) in [5.41, 5.74) is 0. The minimum absolute atomic E-state index is 0.884. The summed E-state index contributed by atoms with van der Waals surface area (Å²) < 4.78 is 0. The Morgan fingerprint density at radius 1 is 1.11 bits per heavy atom. The Bertz CT molecular complexity index is 189. The lowest BCUT2D eigenvalue weighted by molar-refractivity contribution is 0.304. The first-order valence-electron chi connectivity index (χ1n) is 7.98. The summed E-state index contributed by atoms with van der Waals surface area (Å²) in [6, 6.07) is 0. The summed E-state index contributed by atoms with van der Waals surface area (Å²) in [7, 11) is 2.21. The van der Waals surface area contributed by atoms with Crippen LogP contribution in [0.15, 0.2) is 0 Å². The molecule has 0 spiro atoms. The smallest absolute Gasteiger partial charge is 0.0253 e. The van der Waals surface area contributed by atoms with Crippen LogP contribution in [-0.2, 0) is 0 Å². The molecule has 4 nitrogen and oxygen atoms in total. The van der Waals surface area contributed by atoms with E-state index in [1.807, 2.05) is 18.9 Å². The second-order valence-corrected chi connectivity index (χ2v) is 5.69. The number of nitrogens with zero attached hydrogens (tertiary/aromatic N) is 2. The topological polar surface area (TPSA) is 44.5 Å². The SMILES string of the molecule is CC.CC(C)C1CCN(C)C1.NN1CCCNCC1. The Morgan fingerprint density at radius 2 is 1.79 bits per heavy atom. The number of rotatable bonds is 1. The normalized spacial score (nSPS) is 25.1. The summed E-state index contributed by atoms with van der Waals surface area (Å²) in [6.07, 6.45) is 2.59. The van der Waals surface area contributed by atoms with E-state index >= 15 is 0 Å². The first-order valence-corrected chi connectivity index (χ1v) is 7.98. The lowest BCUT2D eigenvalue weighted by atomic mass is 9.95. The Morgan fingerprint density at radius 3 is 2.26 bits per heavy atom. The fourth-order valence-electron chi connectivity index (χ4n) is 2.38. The minimum atomic E-state index is 0.884. The van der Waals surface area contributed by atoms with Gasteiger partial charge in [0.2, 0.25) is 0 Å². The molecule has 0 saturated carbocycles. The average molecular weight is 272 g/mol. The molecule has 0 aromatic heterocycles. The Hall–Kier alpha value is -0.160. The largest absolute Gasteiger partial charge is 0.315 e. The highest BCUT2D eigenvalue weighted by atomic mass is 15.4. The highest BCUT2D eigenvalue weighted by molar-refractivity contribution is 4.74. The molecule has 0 radical (unpaired) electrons. The van der Waals surface area contributed by atoms with Crippen LogP contribution in [0.5, 0.6) is 0 Å². The zero-order valence-corrected chi connectivity index (χ0v) is 13.8. The summed E-state index contributed by atoms with van der Waals surface area (Å²) in [5, 5.41) is 5.12. The van der Waals surface area contributed by atoms with Crippen LogP contribution in [0.1, 0.15) is 40.5 Å². The zero-order chi connectivity index (χ0) is 14.7. The van der Waals surface area contributed by atoms with E-state index in [2.05, 4.69) is 31.1 Å². The van der Waals surface area contributed by atoms with Gasteiger partial charge >= 0.3 is 0 Å². The van der Waals surface area contributed by atoms with Crippen LogP contribution in [0.3, 0.4) is 0 Å². The molecule has 1 unspecified atom stereocenters. The van der Waals surface area contributed by atoms with E-state index in [0.29, 0.717) is 0 Å². The predicted octanol–water partition coefficient (Wildman–Crippen LogP) is 1.78. The van der Waals surface area contributed by atoms with Crippen molar-refractivity contribution in [3.8, 4) is 0 Å². The monoisotopic (exact) mass is 272 g/mol. The molecule has 2 rings (SSSR count). The number of hydrazine groups is 1. The number of likely N-dealkylation sites (tertiary alicyclic amines) is 1. The summed E-state index contributed by atoms with van der Waals surface area (Å²) in [4.78, 5) is 2.42. The van der Waals surface area contributed by atoms with Crippen molar-refractivity contribution in [1.82, 2.24) is 15.2 Å². The molecule has 3 N–H and O–H groups in total. The van der Waals surface area contributed by atoms with Crippen molar-refractivity contribution < 1.29 is 0 Å². The number of hydrogen-bond acceptors (Lipinski definition) is 4. The zero-order valence-electron chi connectivity index (χ0n) is 13.8. The molecule has 0 aromatic carbocycles. The number of hydrogen-bond donors (Lipinski definition) is 2. The maximum Gasteiger partial charge on any atom is 0.0253 e. The van der Waals surface area contributed by atoms with Gasteiger partial charge in [-0.25, -0.2) is 5.01 Å². The van der Waals surface area contributed by atoms with Gasteiger partial charge in [0.15, 0.2) is 0 Å². The van der Waals surface area contributed by atoms with Crippen molar-refractivity contribution >= 4 is 0 Å². The van der Waals surface area contributed by atoms with Crippen molar-refractivity contribution in [3.05, 3.63) is 0 Å². The van der Waals surface area contributed by atoms with E-state index in [-0.39, 0.29) is 0 Å². The fourth-order valence-corrected chi connectivity index (χ4v) is 2.38. The molecule has 0 bridgehead atoms. The highest BCUT2D eigenvalue weighted by Gasteiger charge is 2.21. The van der Waals surface area contributed by atoms with Crippen LogP contribution < -0.4 is 11.2 Å². The maximum atomic E-state index is 5.53. The third-order valence-corrected chi connectivity index (χ3v) is 3.75. The molecular weight excluding hydrogens is 236 g/mol. The van der Waals surface area contributed by atoms with E-state index in [1.54, 1.807) is 0 Å². The molecular formula is C15H36N4. The third-order valence-electron chi connectivity index (χ3n) is 3.75. The van der Waals surface area contributed by atoms with E-state index in [1.165, 1.54) is 25.9 Å². The van der Waals surface area contributed by atoms with E-state index < -0.39 is 0 Å². The molecule has 4 heteroatoms.